The molecule has 0 saturated heterocycles. The molecule has 1 amide bonds. The van der Waals surface area contributed by atoms with Gasteiger partial charge < -0.3 is 10.0 Å². The average Bonchev–Trinajstić information content (AvgIpc) is 2.97. The first-order valence-electron chi connectivity index (χ1n) is 5.54. The first kappa shape index (κ1) is 13.3. The highest BCUT2D eigenvalue weighted by atomic mass is 32.1. The molecule has 0 spiro atoms. The lowest BCUT2D eigenvalue weighted by Gasteiger charge is -2.06. The molecule has 2 aromatic rings. The van der Waals surface area contributed by atoms with Crippen LogP contribution in [0, 0.1) is 0 Å². The van der Waals surface area contributed by atoms with Gasteiger partial charge in [0.1, 0.15) is 10.6 Å². The molecule has 2 rings (SSSR count). The molecular formula is C12H13N3O3S. The van der Waals surface area contributed by atoms with Gasteiger partial charge in [-0.05, 0) is 18.2 Å². The van der Waals surface area contributed by atoms with Gasteiger partial charge in [-0.1, -0.05) is 0 Å². The number of nitrogens with zero attached hydrogens (tertiary/aromatic N) is 3. The lowest BCUT2D eigenvalue weighted by Crippen LogP contribution is -2.22. The summed E-state index contributed by atoms with van der Waals surface area (Å²) in [6.45, 7) is 0.457. The number of hydrogen-bond acceptors (Lipinski definition) is 4. The van der Waals surface area contributed by atoms with Gasteiger partial charge in [0.25, 0.3) is 5.91 Å². The highest BCUT2D eigenvalue weighted by Gasteiger charge is 2.12. The zero-order valence-corrected chi connectivity index (χ0v) is 11.3. The van der Waals surface area contributed by atoms with Crippen LogP contribution in [0.25, 0.3) is 0 Å². The molecule has 0 unspecified atom stereocenters. The lowest BCUT2D eigenvalue weighted by atomic mass is 10.4. The topological polar surface area (TPSA) is 75.4 Å². The molecule has 19 heavy (non-hydrogen) atoms. The third-order valence-electron chi connectivity index (χ3n) is 2.46. The van der Waals surface area contributed by atoms with E-state index in [1.165, 1.54) is 16.2 Å². The summed E-state index contributed by atoms with van der Waals surface area (Å²) in [6.07, 6.45) is 1.71. The first-order valence-corrected chi connectivity index (χ1v) is 6.36. The van der Waals surface area contributed by atoms with Gasteiger partial charge in [0, 0.05) is 25.2 Å². The summed E-state index contributed by atoms with van der Waals surface area (Å²) in [6, 6.07) is 4.97. The van der Waals surface area contributed by atoms with Crippen LogP contribution in [0.4, 0.5) is 0 Å². The standard InChI is InChI=1S/C12H13N3O3S/c1-14(2)11(16)9-5-6-15(13-9)7-8-3-4-10(19-8)12(17)18/h3-6H,7H2,1-2H3,(H,17,18). The fourth-order valence-electron chi connectivity index (χ4n) is 1.53. The summed E-state index contributed by atoms with van der Waals surface area (Å²) in [4.78, 5) is 25.1. The Morgan fingerprint density at radius 1 is 1.37 bits per heavy atom. The lowest BCUT2D eigenvalue weighted by molar-refractivity contribution is 0.0701. The molecule has 0 aliphatic carbocycles. The molecule has 0 bridgehead atoms. The summed E-state index contributed by atoms with van der Waals surface area (Å²) in [5.74, 6) is -1.09. The van der Waals surface area contributed by atoms with Crippen LogP contribution in [-0.2, 0) is 6.54 Å². The molecule has 1 N–H and O–H groups in total. The Morgan fingerprint density at radius 2 is 2.11 bits per heavy atom. The average molecular weight is 279 g/mol. The minimum absolute atomic E-state index is 0.156. The Balaban J connectivity index is 2.11. The van der Waals surface area contributed by atoms with Crippen molar-refractivity contribution in [2.45, 2.75) is 6.54 Å². The van der Waals surface area contributed by atoms with Crippen molar-refractivity contribution in [3.05, 3.63) is 39.8 Å². The maximum atomic E-state index is 11.7. The van der Waals surface area contributed by atoms with Gasteiger partial charge in [-0.15, -0.1) is 11.3 Å². The molecule has 0 aromatic carbocycles. The van der Waals surface area contributed by atoms with Crippen LogP contribution >= 0.6 is 11.3 Å². The van der Waals surface area contributed by atoms with Crippen LogP contribution in [0.3, 0.4) is 0 Å². The van der Waals surface area contributed by atoms with Crippen molar-refractivity contribution in [3.8, 4) is 0 Å². The second-order valence-corrected chi connectivity index (χ2v) is 5.34. The summed E-state index contributed by atoms with van der Waals surface area (Å²) >= 11 is 1.20. The molecule has 0 aliphatic rings. The number of amides is 1. The van der Waals surface area contributed by atoms with E-state index in [9.17, 15) is 9.59 Å². The summed E-state index contributed by atoms with van der Waals surface area (Å²) < 4.78 is 1.62. The molecular weight excluding hydrogens is 266 g/mol. The summed E-state index contributed by atoms with van der Waals surface area (Å²) in [7, 11) is 3.33. The van der Waals surface area contributed by atoms with Gasteiger partial charge in [-0.2, -0.15) is 5.10 Å². The highest BCUT2D eigenvalue weighted by molar-refractivity contribution is 7.13. The zero-order valence-electron chi connectivity index (χ0n) is 10.5. The van der Waals surface area contributed by atoms with Crippen LogP contribution in [0.5, 0.6) is 0 Å². The normalized spacial score (nSPS) is 10.4. The molecule has 0 atom stereocenters. The molecule has 0 radical (unpaired) electrons. The van der Waals surface area contributed by atoms with Crippen LogP contribution in [0.15, 0.2) is 24.4 Å². The van der Waals surface area contributed by atoms with Crippen molar-refractivity contribution in [1.82, 2.24) is 14.7 Å². The van der Waals surface area contributed by atoms with E-state index in [0.717, 1.165) is 4.88 Å². The van der Waals surface area contributed by atoms with E-state index in [0.29, 0.717) is 17.1 Å². The van der Waals surface area contributed by atoms with Crippen LogP contribution in [-0.4, -0.2) is 45.8 Å². The maximum absolute atomic E-state index is 11.7. The van der Waals surface area contributed by atoms with E-state index >= 15 is 0 Å². The third-order valence-corrected chi connectivity index (χ3v) is 3.51. The number of thiophene rings is 1. The highest BCUT2D eigenvalue weighted by Crippen LogP contribution is 2.17. The zero-order chi connectivity index (χ0) is 14.0. The fourth-order valence-corrected chi connectivity index (χ4v) is 2.37. The minimum Gasteiger partial charge on any atom is -0.477 e. The molecule has 2 aromatic heterocycles. The number of carboxylic acid groups (broad SMARTS) is 1. The van der Waals surface area contributed by atoms with Crippen molar-refractivity contribution in [2.24, 2.45) is 0 Å². The number of aromatic nitrogens is 2. The van der Waals surface area contributed by atoms with Crippen LogP contribution < -0.4 is 0 Å². The largest absolute Gasteiger partial charge is 0.477 e. The smallest absolute Gasteiger partial charge is 0.345 e. The Bertz CT molecular complexity index is 615. The van der Waals surface area contributed by atoms with Gasteiger partial charge in [-0.3, -0.25) is 9.48 Å². The van der Waals surface area contributed by atoms with E-state index in [-0.39, 0.29) is 5.91 Å². The summed E-state index contributed by atoms with van der Waals surface area (Å²) in [5, 5.41) is 13.0. The van der Waals surface area contributed by atoms with Crippen molar-refractivity contribution in [1.29, 1.82) is 0 Å². The number of hydrogen-bond donors (Lipinski definition) is 1. The Hall–Kier alpha value is -2.15. The number of carboxylic acids is 1. The second kappa shape index (κ2) is 5.23. The van der Waals surface area contributed by atoms with Crippen molar-refractivity contribution >= 4 is 23.2 Å². The van der Waals surface area contributed by atoms with E-state index in [1.54, 1.807) is 43.2 Å². The minimum atomic E-state index is -0.930. The molecule has 2 heterocycles. The number of carbonyl (C=O) groups is 2. The summed E-state index contributed by atoms with van der Waals surface area (Å²) in [5.41, 5.74) is 0.375. The van der Waals surface area contributed by atoms with E-state index in [1.807, 2.05) is 0 Å². The predicted molar refractivity (Wildman–Crippen MR) is 70.6 cm³/mol. The molecule has 6 nitrogen and oxygen atoms in total. The quantitative estimate of drug-likeness (QED) is 0.917. The molecule has 0 saturated carbocycles. The molecule has 100 valence electrons. The van der Waals surface area contributed by atoms with Gasteiger partial charge >= 0.3 is 5.97 Å². The molecule has 0 aliphatic heterocycles. The predicted octanol–water partition coefficient (Wildman–Crippen LogP) is 1.39. The Morgan fingerprint density at radius 3 is 2.68 bits per heavy atom. The number of carbonyl (C=O) groups excluding carboxylic acids is 1. The van der Waals surface area contributed by atoms with Gasteiger partial charge in [-0.25, -0.2) is 4.79 Å². The van der Waals surface area contributed by atoms with E-state index < -0.39 is 5.97 Å². The van der Waals surface area contributed by atoms with Crippen LogP contribution in [0.1, 0.15) is 25.0 Å². The van der Waals surface area contributed by atoms with E-state index in [2.05, 4.69) is 5.10 Å². The number of aromatic carboxylic acids is 1. The molecule has 7 heteroatoms. The second-order valence-electron chi connectivity index (χ2n) is 4.17. The molecule has 0 fully saturated rings. The fraction of sp³-hybridized carbons (Fsp3) is 0.250. The SMILES string of the molecule is CN(C)C(=O)c1ccn(Cc2ccc(C(=O)O)s2)n1. The van der Waals surface area contributed by atoms with E-state index in [4.69, 9.17) is 5.11 Å². The van der Waals surface area contributed by atoms with Gasteiger partial charge in [0.05, 0.1) is 6.54 Å². The maximum Gasteiger partial charge on any atom is 0.345 e. The van der Waals surface area contributed by atoms with Crippen molar-refractivity contribution in [3.63, 3.8) is 0 Å². The third kappa shape index (κ3) is 3.00. The first-order chi connectivity index (χ1) is 8.97. The van der Waals surface area contributed by atoms with Crippen molar-refractivity contribution < 1.29 is 14.7 Å². The van der Waals surface area contributed by atoms with Gasteiger partial charge in [0.2, 0.25) is 0 Å². The van der Waals surface area contributed by atoms with Crippen molar-refractivity contribution in [2.75, 3.05) is 14.1 Å². The number of rotatable bonds is 4. The Labute approximate surface area is 113 Å². The van der Waals surface area contributed by atoms with Gasteiger partial charge in [0.15, 0.2) is 0 Å². The van der Waals surface area contributed by atoms with Crippen LogP contribution in [0.2, 0.25) is 0 Å². The Kier molecular flexibility index (Phi) is 3.66. The monoisotopic (exact) mass is 279 g/mol.